The summed E-state index contributed by atoms with van der Waals surface area (Å²) in [5.41, 5.74) is 0. The van der Waals surface area contributed by atoms with Crippen molar-refractivity contribution in [3.8, 4) is 0 Å². The minimum atomic E-state index is 0.729. The van der Waals surface area contributed by atoms with E-state index >= 15 is 0 Å². The zero-order chi connectivity index (χ0) is 9.52. The average Bonchev–Trinajstić information content (AvgIpc) is 2.64. The third-order valence-corrected chi connectivity index (χ3v) is 2.76. The van der Waals surface area contributed by atoms with Gasteiger partial charge in [0.25, 0.3) is 0 Å². The van der Waals surface area contributed by atoms with Gasteiger partial charge in [-0.1, -0.05) is 6.92 Å². The molecule has 0 bridgehead atoms. The molecule has 3 heteroatoms. The predicted molar refractivity (Wildman–Crippen MR) is 57.1 cm³/mol. The van der Waals surface area contributed by atoms with Crippen LogP contribution in [0, 0.1) is 0 Å². The third kappa shape index (κ3) is 4.60. The van der Waals surface area contributed by atoms with Crippen LogP contribution in [0.1, 0.15) is 19.8 Å². The lowest BCUT2D eigenvalue weighted by atomic mass is 10.2. The van der Waals surface area contributed by atoms with Crippen LogP contribution in [0.4, 0.5) is 0 Å². The Labute approximate surface area is 81.9 Å². The fourth-order valence-corrected chi connectivity index (χ4v) is 1.64. The zero-order valence-electron chi connectivity index (χ0n) is 8.97. The zero-order valence-corrected chi connectivity index (χ0v) is 8.97. The lowest BCUT2D eigenvalue weighted by Gasteiger charge is -2.16. The van der Waals surface area contributed by atoms with Crippen molar-refractivity contribution in [2.75, 3.05) is 39.8 Å². The van der Waals surface area contributed by atoms with Gasteiger partial charge in [0.2, 0.25) is 0 Å². The Morgan fingerprint density at radius 2 is 2.38 bits per heavy atom. The van der Waals surface area contributed by atoms with Crippen LogP contribution in [0.15, 0.2) is 0 Å². The molecule has 0 spiro atoms. The fourth-order valence-electron chi connectivity index (χ4n) is 1.64. The van der Waals surface area contributed by atoms with Crippen LogP contribution in [0.2, 0.25) is 0 Å². The smallest absolute Gasteiger partial charge is 0.0192 e. The first-order chi connectivity index (χ1) is 6.33. The Hall–Kier alpha value is -0.120. The van der Waals surface area contributed by atoms with Crippen LogP contribution >= 0.6 is 0 Å². The number of likely N-dealkylation sites (N-methyl/N-ethyl adjacent to an activating group) is 1. The molecule has 1 aliphatic heterocycles. The van der Waals surface area contributed by atoms with Crippen LogP contribution < -0.4 is 10.6 Å². The molecule has 1 aliphatic rings. The molecule has 1 atom stereocenters. The summed E-state index contributed by atoms with van der Waals surface area (Å²) in [6.07, 6.45) is 2.69. The second kappa shape index (κ2) is 6.35. The summed E-state index contributed by atoms with van der Waals surface area (Å²) in [7, 11) is 2.16. The van der Waals surface area contributed by atoms with Gasteiger partial charge < -0.3 is 15.5 Å². The largest absolute Gasteiger partial charge is 0.314 e. The Morgan fingerprint density at radius 1 is 1.54 bits per heavy atom. The molecule has 0 aromatic heterocycles. The molecular formula is C10H23N3. The van der Waals surface area contributed by atoms with Crippen LogP contribution in [-0.4, -0.2) is 50.7 Å². The summed E-state index contributed by atoms with van der Waals surface area (Å²) in [5, 5.41) is 6.97. The van der Waals surface area contributed by atoms with Crippen molar-refractivity contribution < 1.29 is 0 Å². The molecule has 1 unspecified atom stereocenters. The fraction of sp³-hybridized carbons (Fsp3) is 1.00. The van der Waals surface area contributed by atoms with E-state index in [0.29, 0.717) is 0 Å². The maximum atomic E-state index is 3.49. The number of rotatable bonds is 6. The summed E-state index contributed by atoms with van der Waals surface area (Å²) in [6, 6.07) is 0.729. The highest BCUT2D eigenvalue weighted by molar-refractivity contribution is 4.76. The molecule has 1 fully saturated rings. The van der Waals surface area contributed by atoms with Crippen molar-refractivity contribution in [3.63, 3.8) is 0 Å². The van der Waals surface area contributed by atoms with E-state index in [2.05, 4.69) is 29.5 Å². The van der Waals surface area contributed by atoms with Crippen molar-refractivity contribution in [1.82, 2.24) is 15.5 Å². The van der Waals surface area contributed by atoms with Crippen LogP contribution in [0.5, 0.6) is 0 Å². The van der Waals surface area contributed by atoms with Gasteiger partial charge in [0.05, 0.1) is 0 Å². The molecule has 0 amide bonds. The van der Waals surface area contributed by atoms with Gasteiger partial charge >= 0.3 is 0 Å². The molecule has 1 rings (SSSR count). The Bertz CT molecular complexity index is 121. The number of nitrogens with zero attached hydrogens (tertiary/aromatic N) is 1. The van der Waals surface area contributed by atoms with Gasteiger partial charge in [0, 0.05) is 25.7 Å². The van der Waals surface area contributed by atoms with Gasteiger partial charge in [-0.2, -0.15) is 0 Å². The van der Waals surface area contributed by atoms with Crippen molar-refractivity contribution >= 4 is 0 Å². The number of nitrogens with one attached hydrogen (secondary N) is 2. The first kappa shape index (κ1) is 11.0. The second-order valence-electron chi connectivity index (χ2n) is 3.89. The van der Waals surface area contributed by atoms with Crippen molar-refractivity contribution in [2.24, 2.45) is 0 Å². The van der Waals surface area contributed by atoms with E-state index in [1.54, 1.807) is 0 Å². The van der Waals surface area contributed by atoms with E-state index in [9.17, 15) is 0 Å². The van der Waals surface area contributed by atoms with Crippen molar-refractivity contribution in [2.45, 2.75) is 25.8 Å². The molecule has 0 aromatic carbocycles. The molecule has 3 nitrogen and oxygen atoms in total. The number of hydrogen-bond acceptors (Lipinski definition) is 3. The van der Waals surface area contributed by atoms with Gasteiger partial charge in [-0.25, -0.2) is 0 Å². The van der Waals surface area contributed by atoms with Crippen LogP contribution in [0.3, 0.4) is 0 Å². The maximum Gasteiger partial charge on any atom is 0.0192 e. The summed E-state index contributed by atoms with van der Waals surface area (Å²) < 4.78 is 0. The third-order valence-electron chi connectivity index (χ3n) is 2.76. The summed E-state index contributed by atoms with van der Waals surface area (Å²) in [5.74, 6) is 0. The maximum absolute atomic E-state index is 3.49. The van der Waals surface area contributed by atoms with E-state index in [4.69, 9.17) is 0 Å². The van der Waals surface area contributed by atoms with Crippen LogP contribution in [0.25, 0.3) is 0 Å². The molecule has 1 heterocycles. The van der Waals surface area contributed by atoms with E-state index < -0.39 is 0 Å². The van der Waals surface area contributed by atoms with E-state index in [0.717, 1.165) is 32.2 Å². The lowest BCUT2D eigenvalue weighted by Crippen LogP contribution is -2.37. The molecule has 13 heavy (non-hydrogen) atoms. The lowest BCUT2D eigenvalue weighted by molar-refractivity contribution is 0.346. The standard InChI is InChI=1S/C10H23N3/c1-3-13(2)8-7-11-9-10-5-4-6-12-10/h10-12H,3-9H2,1-2H3. The summed E-state index contributed by atoms with van der Waals surface area (Å²) in [6.45, 7) is 7.95. The molecule has 1 saturated heterocycles. The molecule has 78 valence electrons. The first-order valence-corrected chi connectivity index (χ1v) is 5.45. The second-order valence-corrected chi connectivity index (χ2v) is 3.89. The van der Waals surface area contributed by atoms with Crippen LogP contribution in [-0.2, 0) is 0 Å². The molecule has 0 aliphatic carbocycles. The SMILES string of the molecule is CCN(C)CCNCC1CCCN1. The Balaban J connectivity index is 1.88. The highest BCUT2D eigenvalue weighted by atomic mass is 15.1. The predicted octanol–water partition coefficient (Wildman–Crippen LogP) is 0.280. The van der Waals surface area contributed by atoms with Gasteiger partial charge in [-0.15, -0.1) is 0 Å². The van der Waals surface area contributed by atoms with Gasteiger partial charge in [0.1, 0.15) is 0 Å². The number of hydrogen-bond donors (Lipinski definition) is 2. The van der Waals surface area contributed by atoms with E-state index in [-0.39, 0.29) is 0 Å². The molecular weight excluding hydrogens is 162 g/mol. The molecule has 0 radical (unpaired) electrons. The summed E-state index contributed by atoms with van der Waals surface area (Å²) in [4.78, 5) is 2.33. The van der Waals surface area contributed by atoms with Crippen molar-refractivity contribution in [3.05, 3.63) is 0 Å². The highest BCUT2D eigenvalue weighted by Crippen LogP contribution is 2.02. The van der Waals surface area contributed by atoms with Gasteiger partial charge in [0.15, 0.2) is 0 Å². The van der Waals surface area contributed by atoms with E-state index in [1.165, 1.54) is 19.4 Å². The first-order valence-electron chi connectivity index (χ1n) is 5.45. The normalized spacial score (nSPS) is 22.8. The monoisotopic (exact) mass is 185 g/mol. The van der Waals surface area contributed by atoms with E-state index in [1.807, 2.05) is 0 Å². The molecule has 0 saturated carbocycles. The van der Waals surface area contributed by atoms with Crippen molar-refractivity contribution in [1.29, 1.82) is 0 Å². The van der Waals surface area contributed by atoms with Gasteiger partial charge in [-0.3, -0.25) is 0 Å². The minimum absolute atomic E-state index is 0.729. The summed E-state index contributed by atoms with van der Waals surface area (Å²) >= 11 is 0. The quantitative estimate of drug-likeness (QED) is 0.582. The highest BCUT2D eigenvalue weighted by Gasteiger charge is 2.12. The minimum Gasteiger partial charge on any atom is -0.314 e. The van der Waals surface area contributed by atoms with Gasteiger partial charge in [-0.05, 0) is 33.0 Å². The Morgan fingerprint density at radius 3 is 3.00 bits per heavy atom. The molecule has 2 N–H and O–H groups in total. The topological polar surface area (TPSA) is 27.3 Å². The molecule has 0 aromatic rings. The average molecular weight is 185 g/mol. The Kier molecular flexibility index (Phi) is 5.35.